The predicted octanol–water partition coefficient (Wildman–Crippen LogP) is 1.57. The van der Waals surface area contributed by atoms with Gasteiger partial charge < -0.3 is 15.3 Å². The zero-order valence-corrected chi connectivity index (χ0v) is 15.4. The van der Waals surface area contributed by atoms with Crippen LogP contribution in [0.1, 0.15) is 36.7 Å². The minimum Gasteiger partial charge on any atom is -0.388 e. The molecule has 1 aromatic rings. The number of nitrogens with zero attached hydrogens (tertiary/aromatic N) is 2. The maximum Gasteiger partial charge on any atom is 0.251 e. The molecule has 0 spiro atoms. The SMILES string of the molecule is CC(C)C(C)(O)CNC(=O)c1cccc(CN2CCN(C)CC2)c1. The highest BCUT2D eigenvalue weighted by Gasteiger charge is 2.25. The largest absolute Gasteiger partial charge is 0.388 e. The Morgan fingerprint density at radius 2 is 1.96 bits per heavy atom. The van der Waals surface area contributed by atoms with Crippen LogP contribution in [0.15, 0.2) is 24.3 Å². The molecule has 0 aromatic heterocycles. The molecule has 1 saturated heterocycles. The lowest BCUT2D eigenvalue weighted by Crippen LogP contribution is -2.44. The Hall–Kier alpha value is -1.43. The third-order valence-electron chi connectivity index (χ3n) is 5.04. The number of nitrogens with one attached hydrogen (secondary N) is 1. The third kappa shape index (κ3) is 5.30. The second-order valence-corrected chi connectivity index (χ2v) is 7.47. The number of carbonyl (C=O) groups excluding carboxylic acids is 1. The van der Waals surface area contributed by atoms with E-state index < -0.39 is 5.60 Å². The van der Waals surface area contributed by atoms with Crippen LogP contribution in [-0.4, -0.2) is 66.2 Å². The first kappa shape index (κ1) is 18.9. The van der Waals surface area contributed by atoms with Crippen LogP contribution in [0.2, 0.25) is 0 Å². The Bertz CT molecular complexity index is 549. The second-order valence-electron chi connectivity index (χ2n) is 7.47. The van der Waals surface area contributed by atoms with E-state index in [2.05, 4.69) is 28.2 Å². The monoisotopic (exact) mass is 333 g/mol. The fourth-order valence-electron chi connectivity index (χ4n) is 2.64. The molecule has 0 bridgehead atoms. The van der Waals surface area contributed by atoms with Gasteiger partial charge in [0.05, 0.1) is 5.60 Å². The maximum atomic E-state index is 12.4. The van der Waals surface area contributed by atoms with Gasteiger partial charge in [0, 0.05) is 44.8 Å². The summed E-state index contributed by atoms with van der Waals surface area (Å²) in [5.41, 5.74) is 0.914. The van der Waals surface area contributed by atoms with Crippen molar-refractivity contribution in [2.75, 3.05) is 39.8 Å². The number of hydrogen-bond acceptors (Lipinski definition) is 4. The fourth-order valence-corrected chi connectivity index (χ4v) is 2.64. The number of carbonyl (C=O) groups is 1. The van der Waals surface area contributed by atoms with Crippen LogP contribution in [-0.2, 0) is 6.54 Å². The minimum atomic E-state index is -0.896. The van der Waals surface area contributed by atoms with Crippen molar-refractivity contribution in [3.05, 3.63) is 35.4 Å². The summed E-state index contributed by atoms with van der Waals surface area (Å²) in [4.78, 5) is 17.1. The summed E-state index contributed by atoms with van der Waals surface area (Å²) in [5.74, 6) is -0.0440. The summed E-state index contributed by atoms with van der Waals surface area (Å²) < 4.78 is 0. The van der Waals surface area contributed by atoms with Crippen molar-refractivity contribution < 1.29 is 9.90 Å². The van der Waals surface area contributed by atoms with Gasteiger partial charge in [-0.2, -0.15) is 0 Å². The van der Waals surface area contributed by atoms with E-state index in [4.69, 9.17) is 0 Å². The van der Waals surface area contributed by atoms with E-state index in [0.29, 0.717) is 5.56 Å². The molecular formula is C19H31N3O2. The highest BCUT2D eigenvalue weighted by molar-refractivity contribution is 5.94. The van der Waals surface area contributed by atoms with Crippen LogP contribution in [0.5, 0.6) is 0 Å². The molecule has 1 fully saturated rings. The van der Waals surface area contributed by atoms with Crippen molar-refractivity contribution in [1.82, 2.24) is 15.1 Å². The van der Waals surface area contributed by atoms with Crippen molar-refractivity contribution in [2.24, 2.45) is 5.92 Å². The van der Waals surface area contributed by atoms with E-state index in [1.54, 1.807) is 6.92 Å². The number of benzene rings is 1. The fraction of sp³-hybridized carbons (Fsp3) is 0.632. The van der Waals surface area contributed by atoms with Crippen molar-refractivity contribution in [2.45, 2.75) is 32.9 Å². The van der Waals surface area contributed by atoms with Crippen molar-refractivity contribution >= 4 is 5.91 Å². The topological polar surface area (TPSA) is 55.8 Å². The molecule has 24 heavy (non-hydrogen) atoms. The van der Waals surface area contributed by atoms with Crippen LogP contribution < -0.4 is 5.32 Å². The molecule has 134 valence electrons. The van der Waals surface area contributed by atoms with Crippen LogP contribution in [0.25, 0.3) is 0 Å². The van der Waals surface area contributed by atoms with E-state index in [9.17, 15) is 9.90 Å². The number of likely N-dealkylation sites (N-methyl/N-ethyl adjacent to an activating group) is 1. The number of piperazine rings is 1. The van der Waals surface area contributed by atoms with Gasteiger partial charge in [-0.15, -0.1) is 0 Å². The average Bonchev–Trinajstić information content (AvgIpc) is 2.55. The molecule has 1 aliphatic heterocycles. The highest BCUT2D eigenvalue weighted by atomic mass is 16.3. The van der Waals surface area contributed by atoms with Crippen molar-refractivity contribution in [3.63, 3.8) is 0 Å². The van der Waals surface area contributed by atoms with Gasteiger partial charge in [0.2, 0.25) is 0 Å². The molecule has 1 heterocycles. The molecule has 2 N–H and O–H groups in total. The maximum absolute atomic E-state index is 12.4. The van der Waals surface area contributed by atoms with Gasteiger partial charge in [0.25, 0.3) is 5.91 Å². The first-order valence-corrected chi connectivity index (χ1v) is 8.78. The molecular weight excluding hydrogens is 302 g/mol. The van der Waals surface area contributed by atoms with Crippen LogP contribution in [0.4, 0.5) is 0 Å². The molecule has 1 aliphatic rings. The lowest BCUT2D eigenvalue weighted by Gasteiger charge is -2.32. The summed E-state index contributed by atoms with van der Waals surface area (Å²) in [5, 5.41) is 13.1. The Labute approximate surface area is 145 Å². The Morgan fingerprint density at radius 1 is 1.29 bits per heavy atom. The third-order valence-corrected chi connectivity index (χ3v) is 5.04. The van der Waals surface area contributed by atoms with Gasteiger partial charge in [0.15, 0.2) is 0 Å². The van der Waals surface area contributed by atoms with E-state index in [0.717, 1.165) is 38.3 Å². The van der Waals surface area contributed by atoms with Gasteiger partial charge in [-0.1, -0.05) is 26.0 Å². The van der Waals surface area contributed by atoms with Crippen LogP contribution in [0, 0.1) is 5.92 Å². The van der Waals surface area contributed by atoms with Crippen molar-refractivity contribution in [1.29, 1.82) is 0 Å². The number of amides is 1. The molecule has 1 unspecified atom stereocenters. The molecule has 2 rings (SSSR count). The van der Waals surface area contributed by atoms with Gasteiger partial charge in [-0.05, 0) is 37.6 Å². The zero-order chi connectivity index (χ0) is 17.7. The normalized spacial score (nSPS) is 19.2. The predicted molar refractivity (Wildman–Crippen MR) is 97.0 cm³/mol. The molecule has 5 nitrogen and oxygen atoms in total. The summed E-state index contributed by atoms with van der Waals surface area (Å²) >= 11 is 0. The summed E-state index contributed by atoms with van der Waals surface area (Å²) in [6.07, 6.45) is 0. The average molecular weight is 333 g/mol. The Morgan fingerprint density at radius 3 is 2.58 bits per heavy atom. The van der Waals surface area contributed by atoms with E-state index >= 15 is 0 Å². The number of aliphatic hydroxyl groups is 1. The lowest BCUT2D eigenvalue weighted by molar-refractivity contribution is 0.0142. The molecule has 0 saturated carbocycles. The lowest BCUT2D eigenvalue weighted by atomic mass is 9.92. The quantitative estimate of drug-likeness (QED) is 0.830. The molecule has 0 radical (unpaired) electrons. The summed E-state index contributed by atoms with van der Waals surface area (Å²) in [7, 11) is 2.15. The number of rotatable bonds is 6. The van der Waals surface area contributed by atoms with E-state index in [-0.39, 0.29) is 18.4 Å². The van der Waals surface area contributed by atoms with Gasteiger partial charge in [0.1, 0.15) is 0 Å². The number of hydrogen-bond donors (Lipinski definition) is 2. The van der Waals surface area contributed by atoms with E-state index in [1.165, 1.54) is 0 Å². The molecule has 1 amide bonds. The van der Waals surface area contributed by atoms with Gasteiger partial charge in [-0.25, -0.2) is 0 Å². The Balaban J connectivity index is 1.93. The smallest absolute Gasteiger partial charge is 0.251 e. The molecule has 1 atom stereocenters. The van der Waals surface area contributed by atoms with Gasteiger partial charge >= 0.3 is 0 Å². The zero-order valence-electron chi connectivity index (χ0n) is 15.4. The van der Waals surface area contributed by atoms with Crippen LogP contribution >= 0.6 is 0 Å². The summed E-state index contributed by atoms with van der Waals surface area (Å²) in [6.45, 7) is 11.1. The molecule has 0 aliphatic carbocycles. The van der Waals surface area contributed by atoms with E-state index in [1.807, 2.05) is 32.0 Å². The molecule has 1 aromatic carbocycles. The molecule has 5 heteroatoms. The first-order valence-electron chi connectivity index (χ1n) is 8.78. The van der Waals surface area contributed by atoms with Crippen molar-refractivity contribution in [3.8, 4) is 0 Å². The minimum absolute atomic E-state index is 0.0846. The van der Waals surface area contributed by atoms with Gasteiger partial charge in [-0.3, -0.25) is 9.69 Å². The first-order chi connectivity index (χ1) is 11.3. The standard InChI is InChI=1S/C19H31N3O2/c1-15(2)19(3,24)14-20-18(23)17-7-5-6-16(12-17)13-22-10-8-21(4)9-11-22/h5-7,12,15,24H,8-11,13-14H2,1-4H3,(H,20,23). The second kappa shape index (κ2) is 8.10. The van der Waals surface area contributed by atoms with Crippen LogP contribution in [0.3, 0.4) is 0 Å². The Kier molecular flexibility index (Phi) is 6.38. The highest BCUT2D eigenvalue weighted by Crippen LogP contribution is 2.15. The summed E-state index contributed by atoms with van der Waals surface area (Å²) in [6, 6.07) is 7.78.